The largest absolute Gasteiger partial charge is 0.381 e. The third-order valence-corrected chi connectivity index (χ3v) is 7.00. The monoisotopic (exact) mass is 447 g/mol. The quantitative estimate of drug-likeness (QED) is 0.435. The summed E-state index contributed by atoms with van der Waals surface area (Å²) in [5.41, 5.74) is 1.69. The number of hydrogen-bond acceptors (Lipinski definition) is 6. The number of nitrogens with zero attached hydrogens (tertiary/aromatic N) is 2. The summed E-state index contributed by atoms with van der Waals surface area (Å²) in [6.07, 6.45) is 0.852. The molecule has 0 amide bonds. The van der Waals surface area contributed by atoms with E-state index in [4.69, 9.17) is 4.74 Å². The number of nitro groups is 1. The molecule has 0 radical (unpaired) electrons. The summed E-state index contributed by atoms with van der Waals surface area (Å²) in [5.74, 6) is 0.372. The molecule has 2 aromatic rings. The molecular weight excluding hydrogens is 418 g/mol. The molecule has 0 atom stereocenters. The molecule has 0 bridgehead atoms. The van der Waals surface area contributed by atoms with E-state index in [1.165, 1.54) is 16.4 Å². The fourth-order valence-corrected chi connectivity index (χ4v) is 4.98. The Balaban J connectivity index is 1.95. The molecule has 1 aliphatic heterocycles. The molecule has 168 valence electrons. The lowest BCUT2D eigenvalue weighted by molar-refractivity contribution is -0.384. The van der Waals surface area contributed by atoms with Gasteiger partial charge in [0.2, 0.25) is 0 Å². The van der Waals surface area contributed by atoms with Crippen LogP contribution in [0.1, 0.15) is 26.3 Å². The fraction of sp³-hybridized carbons (Fsp3) is 0.455. The van der Waals surface area contributed by atoms with E-state index in [1.54, 1.807) is 12.1 Å². The first-order valence-corrected chi connectivity index (χ1v) is 11.9. The van der Waals surface area contributed by atoms with Gasteiger partial charge in [0.15, 0.2) is 0 Å². The number of benzene rings is 2. The first-order valence-electron chi connectivity index (χ1n) is 10.4. The number of anilines is 2. The van der Waals surface area contributed by atoms with E-state index in [1.807, 2.05) is 32.9 Å². The molecule has 31 heavy (non-hydrogen) atoms. The van der Waals surface area contributed by atoms with Crippen LogP contribution in [0.3, 0.4) is 0 Å². The van der Waals surface area contributed by atoms with Gasteiger partial charge in [0, 0.05) is 25.1 Å². The van der Waals surface area contributed by atoms with Gasteiger partial charge in [-0.25, -0.2) is 8.42 Å². The highest BCUT2D eigenvalue weighted by molar-refractivity contribution is 7.92. The predicted octanol–water partition coefficient (Wildman–Crippen LogP) is 4.07. The van der Waals surface area contributed by atoms with Gasteiger partial charge in [0.1, 0.15) is 5.69 Å². The zero-order valence-electron chi connectivity index (χ0n) is 18.1. The maximum atomic E-state index is 13.5. The zero-order chi connectivity index (χ0) is 22.6. The van der Waals surface area contributed by atoms with Gasteiger partial charge >= 0.3 is 0 Å². The molecule has 0 aromatic heterocycles. The third-order valence-electron chi connectivity index (χ3n) is 5.21. The lowest BCUT2D eigenvalue weighted by Crippen LogP contribution is -2.34. The second-order valence-electron chi connectivity index (χ2n) is 8.17. The summed E-state index contributed by atoms with van der Waals surface area (Å²) in [4.78, 5) is 11.0. The predicted molar refractivity (Wildman–Crippen MR) is 121 cm³/mol. The van der Waals surface area contributed by atoms with Crippen LogP contribution in [-0.2, 0) is 21.2 Å². The number of nitrogens with one attached hydrogen (secondary N) is 1. The van der Waals surface area contributed by atoms with Crippen molar-refractivity contribution in [1.82, 2.24) is 0 Å². The standard InChI is InChI=1S/C22H29N3O5S/c1-4-17-5-7-19(8-6-17)24(13-16(2)3)31(28,29)20-9-10-21(22(11-20)25(26)27)23-12-18-14-30-15-18/h5-11,16,18,23H,4,12-15H2,1-3H3. The van der Waals surface area contributed by atoms with Crippen LogP contribution >= 0.6 is 0 Å². The Kier molecular flexibility index (Phi) is 7.17. The smallest absolute Gasteiger partial charge is 0.293 e. The summed E-state index contributed by atoms with van der Waals surface area (Å²) < 4.78 is 33.4. The van der Waals surface area contributed by atoms with Crippen molar-refractivity contribution >= 4 is 27.1 Å². The minimum absolute atomic E-state index is 0.0706. The Morgan fingerprint density at radius 1 is 1.19 bits per heavy atom. The summed E-state index contributed by atoms with van der Waals surface area (Å²) in [6.45, 7) is 7.94. The molecule has 1 saturated heterocycles. The number of sulfonamides is 1. The van der Waals surface area contributed by atoms with Crippen molar-refractivity contribution in [3.05, 3.63) is 58.1 Å². The van der Waals surface area contributed by atoms with E-state index in [0.29, 0.717) is 37.1 Å². The van der Waals surface area contributed by atoms with Crippen molar-refractivity contribution in [2.45, 2.75) is 32.1 Å². The van der Waals surface area contributed by atoms with Crippen LogP contribution in [0.5, 0.6) is 0 Å². The Hall–Kier alpha value is -2.65. The van der Waals surface area contributed by atoms with Crippen LogP contribution in [0, 0.1) is 22.0 Å². The van der Waals surface area contributed by atoms with Crippen LogP contribution in [0.25, 0.3) is 0 Å². The molecule has 0 spiro atoms. The van der Waals surface area contributed by atoms with Crippen LogP contribution in [0.2, 0.25) is 0 Å². The normalized spacial score (nSPS) is 14.3. The molecule has 1 N–H and O–H groups in total. The van der Waals surface area contributed by atoms with Crippen molar-refractivity contribution in [3.63, 3.8) is 0 Å². The number of hydrogen-bond donors (Lipinski definition) is 1. The Bertz CT molecular complexity index is 1020. The molecule has 8 nitrogen and oxygen atoms in total. The van der Waals surface area contributed by atoms with Crippen LogP contribution in [-0.4, -0.2) is 39.6 Å². The van der Waals surface area contributed by atoms with Crippen molar-refractivity contribution in [1.29, 1.82) is 0 Å². The summed E-state index contributed by atoms with van der Waals surface area (Å²) in [6, 6.07) is 11.4. The molecule has 1 heterocycles. The minimum atomic E-state index is -3.99. The van der Waals surface area contributed by atoms with Gasteiger partial charge in [0.25, 0.3) is 15.7 Å². The topological polar surface area (TPSA) is 102 Å². The zero-order valence-corrected chi connectivity index (χ0v) is 18.9. The van der Waals surface area contributed by atoms with E-state index in [0.717, 1.165) is 18.1 Å². The van der Waals surface area contributed by atoms with E-state index in [2.05, 4.69) is 5.32 Å². The minimum Gasteiger partial charge on any atom is -0.381 e. The number of nitro benzene ring substituents is 1. The van der Waals surface area contributed by atoms with E-state index in [9.17, 15) is 18.5 Å². The van der Waals surface area contributed by atoms with E-state index < -0.39 is 14.9 Å². The average Bonchev–Trinajstić information content (AvgIpc) is 2.70. The lowest BCUT2D eigenvalue weighted by Gasteiger charge is -2.27. The van der Waals surface area contributed by atoms with Crippen LogP contribution in [0.15, 0.2) is 47.4 Å². The second kappa shape index (κ2) is 9.65. The SMILES string of the molecule is CCc1ccc(N(CC(C)C)S(=O)(=O)c2ccc(NCC3COC3)c([N+](=O)[O-])c2)cc1. The van der Waals surface area contributed by atoms with Gasteiger partial charge in [-0.3, -0.25) is 14.4 Å². The van der Waals surface area contributed by atoms with Gasteiger partial charge in [-0.2, -0.15) is 0 Å². The molecule has 2 aromatic carbocycles. The lowest BCUT2D eigenvalue weighted by atomic mass is 10.1. The average molecular weight is 448 g/mol. The highest BCUT2D eigenvalue weighted by Gasteiger charge is 2.29. The van der Waals surface area contributed by atoms with Gasteiger partial charge < -0.3 is 10.1 Å². The second-order valence-corrected chi connectivity index (χ2v) is 10.0. The Labute approximate surface area is 183 Å². The van der Waals surface area contributed by atoms with Crippen molar-refractivity contribution in [2.24, 2.45) is 11.8 Å². The molecular formula is C22H29N3O5S. The number of rotatable bonds is 10. The molecule has 3 rings (SSSR count). The molecule has 1 aliphatic rings. The number of ether oxygens (including phenoxy) is 1. The van der Waals surface area contributed by atoms with Crippen molar-refractivity contribution in [2.75, 3.05) is 35.9 Å². The summed E-state index contributed by atoms with van der Waals surface area (Å²) >= 11 is 0. The van der Waals surface area contributed by atoms with Gasteiger partial charge in [-0.15, -0.1) is 0 Å². The maximum absolute atomic E-state index is 13.5. The van der Waals surface area contributed by atoms with Crippen molar-refractivity contribution < 1.29 is 18.1 Å². The van der Waals surface area contributed by atoms with Gasteiger partial charge in [-0.1, -0.05) is 32.9 Å². The Morgan fingerprint density at radius 2 is 1.87 bits per heavy atom. The fourth-order valence-electron chi connectivity index (χ4n) is 3.33. The summed E-state index contributed by atoms with van der Waals surface area (Å²) in [7, 11) is -3.99. The Morgan fingerprint density at radius 3 is 2.39 bits per heavy atom. The third kappa shape index (κ3) is 5.34. The maximum Gasteiger partial charge on any atom is 0.293 e. The summed E-state index contributed by atoms with van der Waals surface area (Å²) in [5, 5.41) is 14.7. The molecule has 0 saturated carbocycles. The first-order chi connectivity index (χ1) is 14.7. The van der Waals surface area contributed by atoms with Crippen LogP contribution < -0.4 is 9.62 Å². The molecule has 0 unspecified atom stereocenters. The van der Waals surface area contributed by atoms with Gasteiger partial charge in [-0.05, 0) is 42.2 Å². The van der Waals surface area contributed by atoms with E-state index in [-0.39, 0.29) is 23.0 Å². The van der Waals surface area contributed by atoms with Crippen LogP contribution in [0.4, 0.5) is 17.1 Å². The molecule has 0 aliphatic carbocycles. The first kappa shape index (κ1) is 23.0. The number of aryl methyl sites for hydroxylation is 1. The highest BCUT2D eigenvalue weighted by atomic mass is 32.2. The molecule has 1 fully saturated rings. The highest BCUT2D eigenvalue weighted by Crippen LogP contribution is 2.32. The van der Waals surface area contributed by atoms with E-state index >= 15 is 0 Å². The molecule has 9 heteroatoms. The van der Waals surface area contributed by atoms with Gasteiger partial charge in [0.05, 0.1) is 28.7 Å². The van der Waals surface area contributed by atoms with Crippen molar-refractivity contribution in [3.8, 4) is 0 Å².